The molecule has 1 aliphatic rings. The van der Waals surface area contributed by atoms with E-state index in [0.717, 1.165) is 35.1 Å². The summed E-state index contributed by atoms with van der Waals surface area (Å²) in [6.07, 6.45) is 5.75. The van der Waals surface area contributed by atoms with Crippen molar-refractivity contribution in [1.82, 2.24) is 9.47 Å². The number of benzene rings is 1. The van der Waals surface area contributed by atoms with Gasteiger partial charge in [-0.1, -0.05) is 18.2 Å². The highest BCUT2D eigenvalue weighted by Crippen LogP contribution is 2.31. The number of fused-ring (bicyclic) bond motifs is 1. The van der Waals surface area contributed by atoms with Crippen LogP contribution in [0.5, 0.6) is 0 Å². The summed E-state index contributed by atoms with van der Waals surface area (Å²) < 4.78 is 7.44. The molecule has 3 aromatic rings. The summed E-state index contributed by atoms with van der Waals surface area (Å²) in [6.45, 7) is 0.541. The van der Waals surface area contributed by atoms with E-state index < -0.39 is 0 Å². The molecule has 0 spiro atoms. The third kappa shape index (κ3) is 2.21. The summed E-state index contributed by atoms with van der Waals surface area (Å²) in [5, 5.41) is 1.01. The lowest BCUT2D eigenvalue weighted by atomic mass is 10.1. The van der Waals surface area contributed by atoms with Gasteiger partial charge in [-0.25, -0.2) is 0 Å². The van der Waals surface area contributed by atoms with E-state index >= 15 is 0 Å². The molecular formula is C18H18N2O2. The fourth-order valence-corrected chi connectivity index (χ4v) is 2.99. The molecule has 1 amide bonds. The summed E-state index contributed by atoms with van der Waals surface area (Å²) >= 11 is 0. The number of aryl methyl sites for hydroxylation is 1. The molecule has 0 radical (unpaired) electrons. The Bertz CT molecular complexity index is 813. The van der Waals surface area contributed by atoms with Crippen LogP contribution in [0.1, 0.15) is 29.0 Å². The summed E-state index contributed by atoms with van der Waals surface area (Å²) in [5.41, 5.74) is 1.86. The highest BCUT2D eigenvalue weighted by molar-refractivity contribution is 6.07. The second-order valence-electron chi connectivity index (χ2n) is 5.91. The molecule has 1 saturated carbocycles. The van der Waals surface area contributed by atoms with Crippen LogP contribution in [-0.4, -0.2) is 21.4 Å². The second-order valence-corrected chi connectivity index (χ2v) is 5.91. The lowest BCUT2D eigenvalue weighted by molar-refractivity contribution is 0.0719. The van der Waals surface area contributed by atoms with E-state index in [2.05, 4.69) is 0 Å². The zero-order chi connectivity index (χ0) is 15.1. The number of hydrogen-bond donors (Lipinski definition) is 0. The highest BCUT2D eigenvalue weighted by atomic mass is 16.3. The molecule has 0 aliphatic heterocycles. The average molecular weight is 294 g/mol. The Hall–Kier alpha value is -2.49. The number of aromatic nitrogens is 1. The van der Waals surface area contributed by atoms with Gasteiger partial charge in [-0.05, 0) is 31.0 Å². The van der Waals surface area contributed by atoms with E-state index in [9.17, 15) is 4.79 Å². The van der Waals surface area contributed by atoms with Gasteiger partial charge in [0, 0.05) is 30.2 Å². The smallest absolute Gasteiger partial charge is 0.256 e. The second kappa shape index (κ2) is 5.05. The van der Waals surface area contributed by atoms with Gasteiger partial charge in [0.2, 0.25) is 0 Å². The van der Waals surface area contributed by atoms with Crippen molar-refractivity contribution in [1.29, 1.82) is 0 Å². The standard InChI is InChI=1S/C18H18N2O2/c1-19-12-16(15-6-2-3-7-17(15)19)18(21)20(13-8-9-13)11-14-5-4-10-22-14/h2-7,10,12-13H,8-9,11H2,1H3. The van der Waals surface area contributed by atoms with Gasteiger partial charge in [0.25, 0.3) is 5.91 Å². The van der Waals surface area contributed by atoms with Gasteiger partial charge in [0.05, 0.1) is 18.4 Å². The van der Waals surface area contributed by atoms with Crippen LogP contribution in [0.25, 0.3) is 10.9 Å². The molecule has 2 aromatic heterocycles. The van der Waals surface area contributed by atoms with Crippen molar-refractivity contribution < 1.29 is 9.21 Å². The maximum absolute atomic E-state index is 13.1. The molecule has 4 nitrogen and oxygen atoms in total. The number of para-hydroxylation sites is 1. The summed E-state index contributed by atoms with van der Waals surface area (Å²) in [5.74, 6) is 0.927. The Kier molecular flexibility index (Phi) is 3.03. The number of hydrogen-bond acceptors (Lipinski definition) is 2. The van der Waals surface area contributed by atoms with Crippen molar-refractivity contribution in [3.8, 4) is 0 Å². The number of carbonyl (C=O) groups excluding carboxylic acids is 1. The first-order valence-electron chi connectivity index (χ1n) is 7.61. The Balaban J connectivity index is 1.71. The molecule has 1 aromatic carbocycles. The largest absolute Gasteiger partial charge is 0.467 e. The van der Waals surface area contributed by atoms with Crippen LogP contribution in [-0.2, 0) is 13.6 Å². The Morgan fingerprint density at radius 2 is 2.09 bits per heavy atom. The Morgan fingerprint density at radius 3 is 2.82 bits per heavy atom. The molecule has 0 atom stereocenters. The Labute approximate surface area is 128 Å². The third-order valence-electron chi connectivity index (χ3n) is 4.28. The first kappa shape index (κ1) is 13.2. The van der Waals surface area contributed by atoms with E-state index in [1.54, 1.807) is 6.26 Å². The van der Waals surface area contributed by atoms with Gasteiger partial charge < -0.3 is 13.9 Å². The van der Waals surface area contributed by atoms with Crippen LogP contribution in [0.3, 0.4) is 0 Å². The molecule has 0 saturated heterocycles. The number of carbonyl (C=O) groups is 1. The molecule has 4 heteroatoms. The molecule has 1 aliphatic carbocycles. The fourth-order valence-electron chi connectivity index (χ4n) is 2.99. The van der Waals surface area contributed by atoms with E-state index in [1.165, 1.54) is 0 Å². The number of nitrogens with zero attached hydrogens (tertiary/aromatic N) is 2. The van der Waals surface area contributed by atoms with Crippen molar-refractivity contribution in [3.63, 3.8) is 0 Å². The van der Waals surface area contributed by atoms with Crippen molar-refractivity contribution in [2.75, 3.05) is 0 Å². The minimum atomic E-state index is 0.0932. The average Bonchev–Trinajstić information content (AvgIpc) is 3.14. The zero-order valence-corrected chi connectivity index (χ0v) is 12.5. The lowest BCUT2D eigenvalue weighted by Gasteiger charge is -2.21. The van der Waals surface area contributed by atoms with E-state index in [4.69, 9.17) is 4.42 Å². The van der Waals surface area contributed by atoms with Crippen LogP contribution in [0.2, 0.25) is 0 Å². The van der Waals surface area contributed by atoms with Crippen molar-refractivity contribution in [3.05, 3.63) is 60.2 Å². The van der Waals surface area contributed by atoms with Gasteiger partial charge in [0.1, 0.15) is 5.76 Å². The quantitative estimate of drug-likeness (QED) is 0.737. The number of furan rings is 1. The molecule has 112 valence electrons. The van der Waals surface area contributed by atoms with Crippen LogP contribution in [0.4, 0.5) is 0 Å². The van der Waals surface area contributed by atoms with Gasteiger partial charge in [-0.2, -0.15) is 0 Å². The summed E-state index contributed by atoms with van der Waals surface area (Å²) in [7, 11) is 1.98. The van der Waals surface area contributed by atoms with E-state index in [1.807, 2.05) is 59.1 Å². The predicted octanol–water partition coefficient (Wildman–Crippen LogP) is 3.58. The normalized spacial score (nSPS) is 14.4. The summed E-state index contributed by atoms with van der Waals surface area (Å²) in [6, 6.07) is 12.2. The third-order valence-corrected chi connectivity index (χ3v) is 4.28. The minimum absolute atomic E-state index is 0.0932. The molecule has 22 heavy (non-hydrogen) atoms. The van der Waals surface area contributed by atoms with Crippen molar-refractivity contribution in [2.24, 2.45) is 7.05 Å². The SMILES string of the molecule is Cn1cc(C(=O)N(Cc2ccco2)C2CC2)c2ccccc21. The molecule has 1 fully saturated rings. The van der Waals surface area contributed by atoms with Crippen molar-refractivity contribution in [2.45, 2.75) is 25.4 Å². The highest BCUT2D eigenvalue weighted by Gasteiger charge is 2.34. The first-order valence-corrected chi connectivity index (χ1v) is 7.61. The molecule has 0 N–H and O–H groups in total. The van der Waals surface area contributed by atoms with Crippen molar-refractivity contribution >= 4 is 16.8 Å². The number of amides is 1. The first-order chi connectivity index (χ1) is 10.7. The molecular weight excluding hydrogens is 276 g/mol. The molecule has 0 unspecified atom stereocenters. The van der Waals surface area contributed by atoms with E-state index in [-0.39, 0.29) is 5.91 Å². The summed E-state index contributed by atoms with van der Waals surface area (Å²) in [4.78, 5) is 15.0. The predicted molar refractivity (Wildman–Crippen MR) is 84.5 cm³/mol. The fraction of sp³-hybridized carbons (Fsp3) is 0.278. The maximum atomic E-state index is 13.1. The topological polar surface area (TPSA) is 38.4 Å². The van der Waals surface area contributed by atoms with Crippen LogP contribution in [0.15, 0.2) is 53.3 Å². The Morgan fingerprint density at radius 1 is 1.27 bits per heavy atom. The lowest BCUT2D eigenvalue weighted by Crippen LogP contribution is -2.32. The minimum Gasteiger partial charge on any atom is -0.467 e. The van der Waals surface area contributed by atoms with E-state index in [0.29, 0.717) is 12.6 Å². The van der Waals surface area contributed by atoms with Gasteiger partial charge >= 0.3 is 0 Å². The van der Waals surface area contributed by atoms with Gasteiger partial charge in [-0.3, -0.25) is 4.79 Å². The van der Waals surface area contributed by atoms with Gasteiger partial charge in [0.15, 0.2) is 0 Å². The molecule has 4 rings (SSSR count). The van der Waals surface area contributed by atoms with Gasteiger partial charge in [-0.15, -0.1) is 0 Å². The maximum Gasteiger partial charge on any atom is 0.256 e. The zero-order valence-electron chi connectivity index (χ0n) is 12.5. The van der Waals surface area contributed by atoms with Crippen LogP contribution < -0.4 is 0 Å². The van der Waals surface area contributed by atoms with Crippen LogP contribution in [0, 0.1) is 0 Å². The monoisotopic (exact) mass is 294 g/mol. The number of rotatable bonds is 4. The molecule has 2 heterocycles. The van der Waals surface area contributed by atoms with Crippen LogP contribution >= 0.6 is 0 Å². The molecule has 0 bridgehead atoms.